The van der Waals surface area contributed by atoms with Crippen LogP contribution in [0.4, 0.5) is 0 Å². The Balaban J connectivity index is 2.42. The summed E-state index contributed by atoms with van der Waals surface area (Å²) in [5, 5.41) is 3.18. The second-order valence-corrected chi connectivity index (χ2v) is 4.87. The Morgan fingerprint density at radius 3 is 2.80 bits per heavy atom. The Hall–Kier alpha value is 0.620. The van der Waals surface area contributed by atoms with Crippen LogP contribution in [0.5, 0.6) is 0 Å². The Bertz CT molecular complexity index is 199. The molecule has 0 aliphatic rings. The van der Waals surface area contributed by atoms with Crippen LogP contribution in [0.3, 0.4) is 0 Å². The van der Waals surface area contributed by atoms with E-state index in [1.807, 2.05) is 0 Å². The van der Waals surface area contributed by atoms with Gasteiger partial charge in [-0.25, -0.2) is 0 Å². The quantitative estimate of drug-likeness (QED) is 0.665. The molecule has 10 heavy (non-hydrogen) atoms. The number of thiophene rings is 1. The molecule has 1 rings (SSSR count). The van der Waals surface area contributed by atoms with Gasteiger partial charge in [-0.1, -0.05) is 15.9 Å². The fraction of sp³-hybridized carbons (Fsp3) is 0.333. The predicted molar refractivity (Wildman–Crippen MR) is 52.7 cm³/mol. The molecule has 0 radical (unpaired) electrons. The maximum atomic E-state index is 3.40. The van der Waals surface area contributed by atoms with Gasteiger partial charge in [-0.3, -0.25) is 0 Å². The first-order chi connectivity index (χ1) is 4.83. The summed E-state index contributed by atoms with van der Waals surface area (Å²) in [5.74, 6) is 0. The summed E-state index contributed by atoms with van der Waals surface area (Å²) in [6, 6.07) is 4.18. The van der Waals surface area contributed by atoms with E-state index in [0.717, 1.165) is 12.0 Å². The molecule has 0 saturated carbocycles. The molecule has 1 nitrogen and oxygen atoms in total. The lowest BCUT2D eigenvalue weighted by molar-refractivity contribution is 0.815. The minimum absolute atomic E-state index is 0.850. The highest BCUT2D eigenvalue weighted by Gasteiger charge is 1.94. The van der Waals surface area contributed by atoms with E-state index in [-0.39, 0.29) is 0 Å². The van der Waals surface area contributed by atoms with Gasteiger partial charge in [0, 0.05) is 11.4 Å². The number of halogens is 2. The van der Waals surface area contributed by atoms with Crippen LogP contribution in [0.25, 0.3) is 0 Å². The zero-order valence-corrected chi connectivity index (χ0v) is 9.22. The number of rotatable bonds is 3. The molecule has 0 aromatic carbocycles. The second-order valence-electron chi connectivity index (χ2n) is 1.77. The Morgan fingerprint density at radius 1 is 1.50 bits per heavy atom. The summed E-state index contributed by atoms with van der Waals surface area (Å²) in [4.78, 5) is 1.35. The van der Waals surface area contributed by atoms with Crippen LogP contribution >= 0.6 is 43.2 Å². The zero-order valence-electron chi connectivity index (χ0n) is 5.23. The Labute approximate surface area is 81.1 Å². The fourth-order valence-electron chi connectivity index (χ4n) is 0.617. The molecule has 1 N–H and O–H groups in total. The number of alkyl halides is 1. The van der Waals surface area contributed by atoms with Crippen molar-refractivity contribution in [3.8, 4) is 0 Å². The fourth-order valence-corrected chi connectivity index (χ4v) is 2.27. The molecule has 1 aromatic rings. The number of hydrogen-bond acceptors (Lipinski definition) is 2. The molecule has 0 atom stereocenters. The first-order valence-electron chi connectivity index (χ1n) is 2.84. The molecule has 0 amide bonds. The summed E-state index contributed by atoms with van der Waals surface area (Å²) in [6.07, 6.45) is 0. The van der Waals surface area contributed by atoms with Crippen molar-refractivity contribution in [3.05, 3.63) is 20.8 Å². The molecular formula is C6H7Br2NS. The van der Waals surface area contributed by atoms with Crippen LogP contribution in [0.15, 0.2) is 15.9 Å². The Kier molecular flexibility index (Phi) is 3.91. The van der Waals surface area contributed by atoms with E-state index in [0.29, 0.717) is 0 Å². The van der Waals surface area contributed by atoms with Gasteiger partial charge in [0.2, 0.25) is 0 Å². The molecule has 4 heteroatoms. The second kappa shape index (κ2) is 4.49. The van der Waals surface area contributed by atoms with Gasteiger partial charge in [0.25, 0.3) is 0 Å². The van der Waals surface area contributed by atoms with E-state index in [2.05, 4.69) is 49.3 Å². The van der Waals surface area contributed by atoms with Crippen molar-refractivity contribution >= 4 is 43.2 Å². The van der Waals surface area contributed by atoms with Crippen molar-refractivity contribution in [2.75, 3.05) is 5.45 Å². The third-order valence-corrected chi connectivity index (χ3v) is 3.04. The molecule has 1 aromatic heterocycles. The van der Waals surface area contributed by atoms with E-state index in [9.17, 15) is 0 Å². The molecule has 0 bridgehead atoms. The van der Waals surface area contributed by atoms with Crippen LogP contribution in [0, 0.1) is 0 Å². The van der Waals surface area contributed by atoms with E-state index < -0.39 is 0 Å². The highest BCUT2D eigenvalue weighted by molar-refractivity contribution is 9.11. The third kappa shape index (κ3) is 2.70. The van der Waals surface area contributed by atoms with Gasteiger partial charge >= 0.3 is 0 Å². The van der Waals surface area contributed by atoms with E-state index in [4.69, 9.17) is 0 Å². The minimum Gasteiger partial charge on any atom is -0.302 e. The summed E-state index contributed by atoms with van der Waals surface area (Å²) >= 11 is 8.46. The van der Waals surface area contributed by atoms with Crippen LogP contribution in [0.1, 0.15) is 4.88 Å². The zero-order chi connectivity index (χ0) is 7.40. The largest absolute Gasteiger partial charge is 0.302 e. The highest BCUT2D eigenvalue weighted by Crippen LogP contribution is 2.21. The molecule has 1 heterocycles. The SMILES string of the molecule is BrCNCc1ccc(Br)s1. The average molecular weight is 285 g/mol. The highest BCUT2D eigenvalue weighted by atomic mass is 79.9. The molecule has 0 spiro atoms. The van der Waals surface area contributed by atoms with E-state index >= 15 is 0 Å². The summed E-state index contributed by atoms with van der Waals surface area (Å²) in [7, 11) is 0. The Morgan fingerprint density at radius 2 is 2.30 bits per heavy atom. The lowest BCUT2D eigenvalue weighted by Gasteiger charge is -1.93. The lowest BCUT2D eigenvalue weighted by Crippen LogP contribution is -2.08. The molecule has 0 unspecified atom stereocenters. The van der Waals surface area contributed by atoms with Crippen molar-refractivity contribution in [2.45, 2.75) is 6.54 Å². The van der Waals surface area contributed by atoms with Crippen LogP contribution in [-0.4, -0.2) is 5.45 Å². The summed E-state index contributed by atoms with van der Waals surface area (Å²) < 4.78 is 1.19. The van der Waals surface area contributed by atoms with Gasteiger partial charge in [-0.05, 0) is 28.1 Å². The normalized spacial score (nSPS) is 10.2. The molecule has 0 fully saturated rings. The molecule has 0 saturated heterocycles. The first-order valence-corrected chi connectivity index (χ1v) is 5.57. The monoisotopic (exact) mass is 283 g/mol. The maximum Gasteiger partial charge on any atom is 0.0701 e. The number of nitrogens with one attached hydrogen (secondary N) is 1. The number of hydrogen-bond donors (Lipinski definition) is 1. The van der Waals surface area contributed by atoms with Crippen molar-refractivity contribution < 1.29 is 0 Å². The molecule has 0 aliphatic heterocycles. The van der Waals surface area contributed by atoms with Gasteiger partial charge < -0.3 is 5.32 Å². The van der Waals surface area contributed by atoms with E-state index in [1.165, 1.54) is 8.66 Å². The summed E-state index contributed by atoms with van der Waals surface area (Å²) in [5.41, 5.74) is 0.850. The maximum absolute atomic E-state index is 3.40. The van der Waals surface area contributed by atoms with Gasteiger partial charge in [0.1, 0.15) is 0 Å². The molecule has 0 aliphatic carbocycles. The smallest absolute Gasteiger partial charge is 0.0701 e. The van der Waals surface area contributed by atoms with Crippen LogP contribution < -0.4 is 5.32 Å². The standard InChI is InChI=1S/C6H7Br2NS/c7-4-9-3-5-1-2-6(8)10-5/h1-2,9H,3-4H2. The van der Waals surface area contributed by atoms with Crippen molar-refractivity contribution in [3.63, 3.8) is 0 Å². The topological polar surface area (TPSA) is 12.0 Å². The molecule has 56 valence electrons. The molecular weight excluding hydrogens is 278 g/mol. The van der Waals surface area contributed by atoms with Crippen LogP contribution in [-0.2, 0) is 6.54 Å². The van der Waals surface area contributed by atoms with Gasteiger partial charge in [-0.2, -0.15) is 0 Å². The van der Waals surface area contributed by atoms with Gasteiger partial charge in [-0.15, -0.1) is 11.3 Å². The van der Waals surface area contributed by atoms with Crippen LogP contribution in [0.2, 0.25) is 0 Å². The van der Waals surface area contributed by atoms with Gasteiger partial charge in [0.15, 0.2) is 0 Å². The third-order valence-electron chi connectivity index (χ3n) is 1.02. The predicted octanol–water partition coefficient (Wildman–Crippen LogP) is 2.95. The van der Waals surface area contributed by atoms with Gasteiger partial charge in [0.05, 0.1) is 9.24 Å². The summed E-state index contributed by atoms with van der Waals surface area (Å²) in [6.45, 7) is 0.946. The van der Waals surface area contributed by atoms with E-state index in [1.54, 1.807) is 11.3 Å². The van der Waals surface area contributed by atoms with Crippen molar-refractivity contribution in [1.29, 1.82) is 0 Å². The first kappa shape index (κ1) is 8.71. The average Bonchev–Trinajstić information content (AvgIpc) is 2.31. The minimum atomic E-state index is 0.850. The lowest BCUT2D eigenvalue weighted by atomic mass is 10.5. The van der Waals surface area contributed by atoms with Crippen molar-refractivity contribution in [1.82, 2.24) is 5.32 Å². The van der Waals surface area contributed by atoms with Crippen molar-refractivity contribution in [2.24, 2.45) is 0 Å².